The lowest BCUT2D eigenvalue weighted by Gasteiger charge is -2.29. The molecule has 3 unspecified atom stereocenters. The van der Waals surface area contributed by atoms with Gasteiger partial charge in [-0.15, -0.1) is 0 Å². The van der Waals surface area contributed by atoms with Gasteiger partial charge >= 0.3 is 0 Å². The van der Waals surface area contributed by atoms with Crippen molar-refractivity contribution in [1.29, 1.82) is 0 Å². The fourth-order valence-corrected chi connectivity index (χ4v) is 1.94. The number of hydrogen-bond donors (Lipinski definition) is 2. The standard InChI is InChI=1S/C14H22FNO/c1-9(2)10(3)14(17)13(8-16)11-4-6-12(15)7-5-11/h4-7,9-10,13-14,17H,8,16H2,1-3H3. The lowest BCUT2D eigenvalue weighted by atomic mass is 9.81. The average molecular weight is 239 g/mol. The largest absolute Gasteiger partial charge is 0.392 e. The SMILES string of the molecule is CC(C)C(C)C(O)C(CN)c1ccc(F)cc1. The molecule has 0 saturated heterocycles. The zero-order chi connectivity index (χ0) is 13.0. The fraction of sp³-hybridized carbons (Fsp3) is 0.571. The Labute approximate surface area is 103 Å². The van der Waals surface area contributed by atoms with Gasteiger partial charge in [0.15, 0.2) is 0 Å². The highest BCUT2D eigenvalue weighted by molar-refractivity contribution is 5.22. The van der Waals surface area contributed by atoms with E-state index in [0.29, 0.717) is 12.5 Å². The highest BCUT2D eigenvalue weighted by atomic mass is 19.1. The molecule has 0 saturated carbocycles. The second kappa shape index (κ2) is 6.12. The van der Waals surface area contributed by atoms with Crippen LogP contribution in [0.3, 0.4) is 0 Å². The Kier molecular flexibility index (Phi) is 5.09. The highest BCUT2D eigenvalue weighted by Gasteiger charge is 2.26. The average Bonchev–Trinajstić information content (AvgIpc) is 2.31. The molecule has 0 aliphatic heterocycles. The fourth-order valence-electron chi connectivity index (χ4n) is 1.94. The first-order chi connectivity index (χ1) is 7.97. The number of rotatable bonds is 5. The molecule has 2 nitrogen and oxygen atoms in total. The number of benzene rings is 1. The van der Waals surface area contributed by atoms with Crippen LogP contribution in [0.25, 0.3) is 0 Å². The van der Waals surface area contributed by atoms with Crippen LogP contribution >= 0.6 is 0 Å². The van der Waals surface area contributed by atoms with Gasteiger partial charge in [0.2, 0.25) is 0 Å². The van der Waals surface area contributed by atoms with E-state index in [2.05, 4.69) is 13.8 Å². The summed E-state index contributed by atoms with van der Waals surface area (Å²) in [7, 11) is 0. The molecule has 1 rings (SSSR count). The maximum absolute atomic E-state index is 12.8. The molecule has 3 heteroatoms. The van der Waals surface area contributed by atoms with Gasteiger partial charge in [-0.25, -0.2) is 4.39 Å². The molecule has 0 fully saturated rings. The van der Waals surface area contributed by atoms with Crippen LogP contribution in [0, 0.1) is 17.7 Å². The van der Waals surface area contributed by atoms with E-state index in [4.69, 9.17) is 5.73 Å². The van der Waals surface area contributed by atoms with Crippen LogP contribution < -0.4 is 5.73 Å². The first-order valence-corrected chi connectivity index (χ1v) is 6.11. The van der Waals surface area contributed by atoms with Crippen molar-refractivity contribution in [2.75, 3.05) is 6.54 Å². The lowest BCUT2D eigenvalue weighted by Crippen LogP contribution is -2.33. The summed E-state index contributed by atoms with van der Waals surface area (Å²) in [6.07, 6.45) is -0.495. The van der Waals surface area contributed by atoms with Gasteiger partial charge in [0.05, 0.1) is 6.10 Å². The molecular formula is C14H22FNO. The first kappa shape index (κ1) is 14.1. The molecule has 0 bridgehead atoms. The van der Waals surface area contributed by atoms with Gasteiger partial charge in [-0.05, 0) is 29.5 Å². The van der Waals surface area contributed by atoms with Crippen LogP contribution in [0.15, 0.2) is 24.3 Å². The molecule has 96 valence electrons. The molecule has 17 heavy (non-hydrogen) atoms. The third-order valence-electron chi connectivity index (χ3n) is 3.55. The van der Waals surface area contributed by atoms with Crippen LogP contribution in [0.5, 0.6) is 0 Å². The summed E-state index contributed by atoms with van der Waals surface area (Å²) in [5.41, 5.74) is 6.63. The Hall–Kier alpha value is -0.930. The molecular weight excluding hydrogens is 217 g/mol. The van der Waals surface area contributed by atoms with Crippen molar-refractivity contribution >= 4 is 0 Å². The molecule has 0 aliphatic rings. The normalized spacial score (nSPS) is 16.9. The molecule has 0 aromatic heterocycles. The molecule has 0 aliphatic carbocycles. The number of halogens is 1. The third kappa shape index (κ3) is 3.51. The summed E-state index contributed by atoms with van der Waals surface area (Å²) in [4.78, 5) is 0. The van der Waals surface area contributed by atoms with Crippen molar-refractivity contribution in [3.05, 3.63) is 35.6 Å². The highest BCUT2D eigenvalue weighted by Crippen LogP contribution is 2.27. The van der Waals surface area contributed by atoms with Crippen LogP contribution in [-0.4, -0.2) is 17.8 Å². The predicted molar refractivity (Wildman–Crippen MR) is 68.2 cm³/mol. The molecule has 3 N–H and O–H groups in total. The van der Waals surface area contributed by atoms with E-state index in [0.717, 1.165) is 5.56 Å². The molecule has 3 atom stereocenters. The molecule has 0 heterocycles. The van der Waals surface area contributed by atoms with E-state index in [1.54, 1.807) is 12.1 Å². The van der Waals surface area contributed by atoms with Gasteiger partial charge in [-0.2, -0.15) is 0 Å². The van der Waals surface area contributed by atoms with E-state index in [9.17, 15) is 9.50 Å². The maximum Gasteiger partial charge on any atom is 0.123 e. The Morgan fingerprint density at radius 2 is 1.71 bits per heavy atom. The Bertz CT molecular complexity index is 337. The second-order valence-corrected chi connectivity index (χ2v) is 4.99. The van der Waals surface area contributed by atoms with Gasteiger partial charge in [-0.3, -0.25) is 0 Å². The van der Waals surface area contributed by atoms with Gasteiger partial charge in [0, 0.05) is 12.5 Å². The minimum absolute atomic E-state index is 0.131. The van der Waals surface area contributed by atoms with Crippen molar-refractivity contribution in [2.45, 2.75) is 32.8 Å². The zero-order valence-corrected chi connectivity index (χ0v) is 10.7. The summed E-state index contributed by atoms with van der Waals surface area (Å²) in [6.45, 7) is 6.53. The van der Waals surface area contributed by atoms with E-state index in [1.807, 2.05) is 6.92 Å². The zero-order valence-electron chi connectivity index (χ0n) is 10.7. The van der Waals surface area contributed by atoms with E-state index in [1.165, 1.54) is 12.1 Å². The van der Waals surface area contributed by atoms with E-state index in [-0.39, 0.29) is 17.7 Å². The van der Waals surface area contributed by atoms with E-state index >= 15 is 0 Å². The summed E-state index contributed by atoms with van der Waals surface area (Å²) in [5.74, 6) is 0.150. The lowest BCUT2D eigenvalue weighted by molar-refractivity contribution is 0.0684. The molecule has 0 spiro atoms. The number of hydrogen-bond acceptors (Lipinski definition) is 2. The van der Waals surface area contributed by atoms with Gasteiger partial charge in [0.1, 0.15) is 5.82 Å². The van der Waals surface area contributed by atoms with Crippen molar-refractivity contribution in [3.63, 3.8) is 0 Å². The predicted octanol–water partition coefficient (Wildman–Crippen LogP) is 2.52. The molecule has 1 aromatic carbocycles. The van der Waals surface area contributed by atoms with Crippen molar-refractivity contribution in [1.82, 2.24) is 0 Å². The third-order valence-corrected chi connectivity index (χ3v) is 3.55. The summed E-state index contributed by atoms with van der Waals surface area (Å²) >= 11 is 0. The number of aliphatic hydroxyl groups excluding tert-OH is 1. The van der Waals surface area contributed by atoms with Crippen LogP contribution in [-0.2, 0) is 0 Å². The molecule has 0 radical (unpaired) electrons. The topological polar surface area (TPSA) is 46.2 Å². The molecule has 0 amide bonds. The first-order valence-electron chi connectivity index (χ1n) is 6.11. The minimum atomic E-state index is -0.495. The quantitative estimate of drug-likeness (QED) is 0.829. The van der Waals surface area contributed by atoms with Gasteiger partial charge in [0.25, 0.3) is 0 Å². The van der Waals surface area contributed by atoms with Crippen LogP contribution in [0.4, 0.5) is 4.39 Å². The number of nitrogens with two attached hydrogens (primary N) is 1. The van der Waals surface area contributed by atoms with Crippen LogP contribution in [0.2, 0.25) is 0 Å². The van der Waals surface area contributed by atoms with Gasteiger partial charge in [-0.1, -0.05) is 32.9 Å². The van der Waals surface area contributed by atoms with Gasteiger partial charge < -0.3 is 10.8 Å². The second-order valence-electron chi connectivity index (χ2n) is 4.99. The summed E-state index contributed by atoms with van der Waals surface area (Å²) in [5, 5.41) is 10.3. The maximum atomic E-state index is 12.8. The summed E-state index contributed by atoms with van der Waals surface area (Å²) < 4.78 is 12.8. The van der Waals surface area contributed by atoms with Crippen LogP contribution in [0.1, 0.15) is 32.3 Å². The van der Waals surface area contributed by atoms with Crippen molar-refractivity contribution in [3.8, 4) is 0 Å². The number of aliphatic hydroxyl groups is 1. The van der Waals surface area contributed by atoms with Crippen molar-refractivity contribution < 1.29 is 9.50 Å². The Balaban J connectivity index is 2.87. The monoisotopic (exact) mass is 239 g/mol. The minimum Gasteiger partial charge on any atom is -0.392 e. The van der Waals surface area contributed by atoms with E-state index < -0.39 is 6.10 Å². The Morgan fingerprint density at radius 1 is 1.18 bits per heavy atom. The molecule has 1 aromatic rings. The van der Waals surface area contributed by atoms with Crippen molar-refractivity contribution in [2.24, 2.45) is 17.6 Å². The smallest absolute Gasteiger partial charge is 0.123 e. The summed E-state index contributed by atoms with van der Waals surface area (Å²) in [6, 6.07) is 6.21. The Morgan fingerprint density at radius 3 is 2.12 bits per heavy atom.